The summed E-state index contributed by atoms with van der Waals surface area (Å²) in [4.78, 5) is 0. The fourth-order valence-electron chi connectivity index (χ4n) is 2.82. The summed E-state index contributed by atoms with van der Waals surface area (Å²) < 4.78 is 0. The predicted molar refractivity (Wildman–Crippen MR) is 101 cm³/mol. The lowest BCUT2D eigenvalue weighted by molar-refractivity contribution is 0.316. The van der Waals surface area contributed by atoms with Crippen LogP contribution in [0.3, 0.4) is 0 Å². The van der Waals surface area contributed by atoms with Gasteiger partial charge in [0, 0.05) is 11.1 Å². The normalized spacial score (nSPS) is 12.4. The van der Waals surface area contributed by atoms with E-state index in [-0.39, 0.29) is 11.5 Å². The lowest BCUT2D eigenvalue weighted by Gasteiger charge is -2.10. The van der Waals surface area contributed by atoms with Gasteiger partial charge in [0.2, 0.25) is 0 Å². The Kier molecular flexibility index (Phi) is 6.60. The summed E-state index contributed by atoms with van der Waals surface area (Å²) in [6.45, 7) is 3.80. The number of hydrogen-bond donors (Lipinski definition) is 4. The van der Waals surface area contributed by atoms with E-state index in [4.69, 9.17) is 0 Å². The minimum Gasteiger partial charge on any atom is -0.507 e. The van der Waals surface area contributed by atoms with Gasteiger partial charge in [0.15, 0.2) is 0 Å². The van der Waals surface area contributed by atoms with E-state index in [2.05, 4.69) is 10.3 Å². The maximum absolute atomic E-state index is 9.95. The lowest BCUT2D eigenvalue weighted by atomic mass is 9.98. The van der Waals surface area contributed by atoms with Crippen LogP contribution in [0.1, 0.15) is 47.9 Å². The van der Waals surface area contributed by atoms with Crippen LogP contribution in [0.25, 0.3) is 0 Å². The lowest BCUT2D eigenvalue weighted by Crippen LogP contribution is -2.05. The number of rotatable bonds is 7. The number of unbranched alkanes of at least 4 members (excludes halogenated alkanes) is 1. The standard InChI is InChI=1S/C20H24N2O4/c1-13-7-9-19(23)15(11-13)17(21-25)5-3-4-6-18(22-26)16-12-14(2)8-10-20(16)24/h7-12,23-26H,3-6H2,1-2H3/b21-17+,22-18+. The Bertz CT molecular complexity index is 759. The fraction of sp³-hybridized carbons (Fsp3) is 0.300. The Morgan fingerprint density at radius 3 is 1.46 bits per heavy atom. The molecule has 2 rings (SSSR count). The summed E-state index contributed by atoms with van der Waals surface area (Å²) in [5.74, 6) is 0.149. The number of hydrogen-bond acceptors (Lipinski definition) is 6. The molecule has 0 atom stereocenters. The molecule has 0 heterocycles. The van der Waals surface area contributed by atoms with Crippen molar-refractivity contribution in [1.82, 2.24) is 0 Å². The molecule has 0 aromatic heterocycles. The minimum absolute atomic E-state index is 0.0747. The average molecular weight is 356 g/mol. The van der Waals surface area contributed by atoms with Gasteiger partial charge in [-0.25, -0.2) is 0 Å². The molecule has 0 radical (unpaired) electrons. The van der Waals surface area contributed by atoms with Gasteiger partial charge >= 0.3 is 0 Å². The van der Waals surface area contributed by atoms with Crippen LogP contribution < -0.4 is 0 Å². The number of benzene rings is 2. The van der Waals surface area contributed by atoms with Crippen LogP contribution in [0.2, 0.25) is 0 Å². The number of phenolic OH excluding ortho intramolecular Hbond substituents is 2. The second-order valence-electron chi connectivity index (χ2n) is 6.34. The first-order valence-corrected chi connectivity index (χ1v) is 8.48. The summed E-state index contributed by atoms with van der Waals surface area (Å²) in [6.07, 6.45) is 2.26. The van der Waals surface area contributed by atoms with Crippen molar-refractivity contribution in [3.8, 4) is 11.5 Å². The molecule has 0 unspecified atom stereocenters. The molecule has 0 bridgehead atoms. The van der Waals surface area contributed by atoms with Gasteiger partial charge in [0.1, 0.15) is 11.5 Å². The molecule has 0 aliphatic rings. The highest BCUT2D eigenvalue weighted by atomic mass is 16.4. The Labute approximate surface area is 152 Å². The summed E-state index contributed by atoms with van der Waals surface area (Å²) >= 11 is 0. The van der Waals surface area contributed by atoms with Gasteiger partial charge < -0.3 is 20.6 Å². The minimum atomic E-state index is 0.0747. The quantitative estimate of drug-likeness (QED) is 0.256. The SMILES string of the molecule is Cc1ccc(O)c(/C(CCCC/C(=N\O)c2cc(C)ccc2O)=N/O)c1. The number of nitrogens with zero attached hydrogens (tertiary/aromatic N) is 2. The molecule has 26 heavy (non-hydrogen) atoms. The van der Waals surface area contributed by atoms with Crippen molar-refractivity contribution in [2.45, 2.75) is 39.5 Å². The molecule has 0 amide bonds. The molecule has 2 aromatic carbocycles. The summed E-state index contributed by atoms with van der Waals surface area (Å²) in [5, 5.41) is 45.1. The van der Waals surface area contributed by atoms with Crippen LogP contribution >= 0.6 is 0 Å². The number of aromatic hydroxyl groups is 2. The maximum Gasteiger partial charge on any atom is 0.124 e. The largest absolute Gasteiger partial charge is 0.507 e. The first kappa shape index (κ1) is 19.3. The average Bonchev–Trinajstić information content (AvgIpc) is 2.63. The number of oxime groups is 2. The Balaban J connectivity index is 1.98. The molecule has 0 spiro atoms. The zero-order valence-corrected chi connectivity index (χ0v) is 15.0. The molecule has 138 valence electrons. The molecule has 0 aliphatic carbocycles. The van der Waals surface area contributed by atoms with Crippen LogP contribution in [0.5, 0.6) is 11.5 Å². The third-order valence-electron chi connectivity index (χ3n) is 4.24. The highest BCUT2D eigenvalue weighted by Gasteiger charge is 2.13. The van der Waals surface area contributed by atoms with Crippen molar-refractivity contribution in [2.24, 2.45) is 10.3 Å². The van der Waals surface area contributed by atoms with Crippen LogP contribution in [-0.4, -0.2) is 32.1 Å². The van der Waals surface area contributed by atoms with Gasteiger partial charge in [0.25, 0.3) is 0 Å². The molecule has 6 heteroatoms. The maximum atomic E-state index is 9.95. The second-order valence-corrected chi connectivity index (χ2v) is 6.34. The molecular formula is C20H24N2O4. The van der Waals surface area contributed by atoms with Gasteiger partial charge in [-0.1, -0.05) is 33.6 Å². The van der Waals surface area contributed by atoms with E-state index in [0.717, 1.165) is 11.1 Å². The van der Waals surface area contributed by atoms with E-state index >= 15 is 0 Å². The van der Waals surface area contributed by atoms with Gasteiger partial charge in [-0.2, -0.15) is 0 Å². The van der Waals surface area contributed by atoms with Crippen molar-refractivity contribution in [1.29, 1.82) is 0 Å². The first-order chi connectivity index (χ1) is 12.5. The smallest absolute Gasteiger partial charge is 0.124 e. The summed E-state index contributed by atoms with van der Waals surface area (Å²) in [7, 11) is 0. The molecular weight excluding hydrogens is 332 g/mol. The van der Waals surface area contributed by atoms with Gasteiger partial charge in [-0.15, -0.1) is 0 Å². The van der Waals surface area contributed by atoms with Crippen molar-refractivity contribution in [2.75, 3.05) is 0 Å². The summed E-state index contributed by atoms with van der Waals surface area (Å²) in [6, 6.07) is 10.3. The van der Waals surface area contributed by atoms with Gasteiger partial charge in [-0.3, -0.25) is 0 Å². The zero-order valence-electron chi connectivity index (χ0n) is 15.0. The molecule has 0 aliphatic heterocycles. The van der Waals surface area contributed by atoms with E-state index in [9.17, 15) is 20.6 Å². The monoisotopic (exact) mass is 356 g/mol. The first-order valence-electron chi connectivity index (χ1n) is 8.48. The van der Waals surface area contributed by atoms with Gasteiger partial charge in [-0.05, 0) is 63.8 Å². The van der Waals surface area contributed by atoms with Crippen LogP contribution in [0.15, 0.2) is 46.7 Å². The Hall–Kier alpha value is -3.02. The highest BCUT2D eigenvalue weighted by molar-refractivity contribution is 6.03. The van der Waals surface area contributed by atoms with Crippen molar-refractivity contribution in [3.63, 3.8) is 0 Å². The van der Waals surface area contributed by atoms with E-state index in [1.54, 1.807) is 36.4 Å². The molecule has 6 nitrogen and oxygen atoms in total. The predicted octanol–water partition coefficient (Wildman–Crippen LogP) is 4.33. The topological polar surface area (TPSA) is 106 Å². The third kappa shape index (κ3) is 4.75. The van der Waals surface area contributed by atoms with E-state index in [1.165, 1.54) is 0 Å². The van der Waals surface area contributed by atoms with Crippen LogP contribution in [-0.2, 0) is 0 Å². The van der Waals surface area contributed by atoms with Crippen molar-refractivity contribution >= 4 is 11.4 Å². The van der Waals surface area contributed by atoms with E-state index < -0.39 is 0 Å². The van der Waals surface area contributed by atoms with Crippen molar-refractivity contribution in [3.05, 3.63) is 58.7 Å². The summed E-state index contributed by atoms with van der Waals surface area (Å²) in [5.41, 5.74) is 3.77. The highest BCUT2D eigenvalue weighted by Crippen LogP contribution is 2.24. The fourth-order valence-corrected chi connectivity index (χ4v) is 2.82. The molecule has 0 fully saturated rings. The van der Waals surface area contributed by atoms with E-state index in [0.29, 0.717) is 48.2 Å². The van der Waals surface area contributed by atoms with Crippen LogP contribution in [0.4, 0.5) is 0 Å². The third-order valence-corrected chi connectivity index (χ3v) is 4.24. The molecule has 0 saturated carbocycles. The zero-order chi connectivity index (χ0) is 19.1. The number of aryl methyl sites for hydroxylation is 2. The number of phenols is 2. The van der Waals surface area contributed by atoms with E-state index in [1.807, 2.05) is 13.8 Å². The van der Waals surface area contributed by atoms with Crippen LogP contribution in [0, 0.1) is 13.8 Å². The molecule has 2 aromatic rings. The molecule has 4 N–H and O–H groups in total. The Morgan fingerprint density at radius 2 is 1.12 bits per heavy atom. The van der Waals surface area contributed by atoms with Crippen molar-refractivity contribution < 1.29 is 20.6 Å². The molecule has 0 saturated heterocycles. The second kappa shape index (κ2) is 8.89. The van der Waals surface area contributed by atoms with Gasteiger partial charge in [0.05, 0.1) is 11.4 Å². The Morgan fingerprint density at radius 1 is 0.731 bits per heavy atom.